The van der Waals surface area contributed by atoms with Crippen molar-refractivity contribution in [2.45, 2.75) is 44.8 Å². The highest BCUT2D eigenvalue weighted by Gasteiger charge is 2.40. The number of rotatable bonds is 10. The monoisotopic (exact) mass is 510 g/mol. The highest BCUT2D eigenvalue weighted by atomic mass is 127. The van der Waals surface area contributed by atoms with Crippen LogP contribution in [-0.2, 0) is 10.3 Å². The van der Waals surface area contributed by atoms with Gasteiger partial charge in [0, 0.05) is 0 Å². The smallest absolute Gasteiger partial charge is 0.144 e. The minimum atomic E-state index is -0.657. The van der Waals surface area contributed by atoms with E-state index in [9.17, 15) is 0 Å². The molecule has 0 bridgehead atoms. The molecule has 2 unspecified atom stereocenters. The minimum Gasteiger partial charge on any atom is -0.357 e. The van der Waals surface area contributed by atoms with Crippen LogP contribution in [0, 0.1) is 5.92 Å². The quantitative estimate of drug-likeness (QED) is 0.198. The summed E-state index contributed by atoms with van der Waals surface area (Å²) in [6.07, 6.45) is 5.54. The molecule has 1 nitrogen and oxygen atoms in total. The molecule has 0 radical (unpaired) electrons. The molecular formula is C28H31IO. The Morgan fingerprint density at radius 2 is 1.23 bits per heavy atom. The van der Waals surface area contributed by atoms with Crippen LogP contribution in [0.25, 0.3) is 0 Å². The van der Waals surface area contributed by atoms with Gasteiger partial charge in [-0.05, 0) is 39.5 Å². The molecule has 3 rings (SSSR count). The zero-order valence-electron chi connectivity index (χ0n) is 17.9. The van der Waals surface area contributed by atoms with Crippen LogP contribution in [-0.4, -0.2) is 6.10 Å². The molecule has 2 atom stereocenters. The maximum Gasteiger partial charge on any atom is 0.144 e. The lowest BCUT2D eigenvalue weighted by Crippen LogP contribution is -2.39. The summed E-state index contributed by atoms with van der Waals surface area (Å²) in [6, 6.07) is 32.0. The molecule has 0 aliphatic heterocycles. The number of hydrogen-bond donors (Lipinski definition) is 0. The zero-order chi connectivity index (χ0) is 21.2. The molecule has 0 aliphatic carbocycles. The van der Waals surface area contributed by atoms with E-state index in [0.29, 0.717) is 5.92 Å². The van der Waals surface area contributed by atoms with E-state index in [1.807, 2.05) is 0 Å². The molecule has 0 saturated heterocycles. The molecule has 0 aromatic heterocycles. The molecule has 0 amide bonds. The van der Waals surface area contributed by atoms with Gasteiger partial charge in [0.2, 0.25) is 0 Å². The normalized spacial score (nSPS) is 14.0. The van der Waals surface area contributed by atoms with Crippen LogP contribution in [0.5, 0.6) is 0 Å². The van der Waals surface area contributed by atoms with Crippen LogP contribution in [0.15, 0.2) is 101 Å². The third kappa shape index (κ3) is 5.22. The third-order valence-corrected chi connectivity index (χ3v) is 6.21. The highest BCUT2D eigenvalue weighted by molar-refractivity contribution is 14.1. The van der Waals surface area contributed by atoms with Crippen LogP contribution in [0.3, 0.4) is 0 Å². The van der Waals surface area contributed by atoms with Crippen LogP contribution in [0.4, 0.5) is 0 Å². The molecule has 0 spiro atoms. The Balaban J connectivity index is 2.22. The average Bonchev–Trinajstić information content (AvgIpc) is 2.81. The fourth-order valence-corrected chi connectivity index (χ4v) is 4.47. The van der Waals surface area contributed by atoms with Gasteiger partial charge in [-0.25, -0.2) is 0 Å². The Morgan fingerprint density at radius 1 is 0.800 bits per heavy atom. The molecule has 3 aromatic carbocycles. The lowest BCUT2D eigenvalue weighted by atomic mass is 9.79. The molecule has 0 N–H and O–H groups in total. The number of hydrogen-bond acceptors (Lipinski definition) is 1. The average molecular weight is 510 g/mol. The second-order valence-corrected chi connectivity index (χ2v) is 8.52. The standard InChI is InChI=1S/C28H31IO/c1-3-14-23(2)27(21-13-22-29)30-28(24-15-7-4-8-16-24,25-17-9-5-10-18-25)26-19-11-6-12-20-26/h4-13,15-20,22-23,27H,3,14,21H2,1-2H3. The van der Waals surface area contributed by atoms with Crippen molar-refractivity contribution in [2.24, 2.45) is 5.92 Å². The third-order valence-electron chi connectivity index (χ3n) is 5.71. The van der Waals surface area contributed by atoms with Gasteiger partial charge in [0.05, 0.1) is 6.10 Å². The van der Waals surface area contributed by atoms with E-state index in [1.54, 1.807) is 0 Å². The molecular weight excluding hydrogens is 479 g/mol. The lowest BCUT2D eigenvalue weighted by molar-refractivity contribution is -0.0711. The predicted molar refractivity (Wildman–Crippen MR) is 136 cm³/mol. The van der Waals surface area contributed by atoms with Crippen LogP contribution < -0.4 is 0 Å². The van der Waals surface area contributed by atoms with E-state index >= 15 is 0 Å². The Bertz CT molecular complexity index is 793. The summed E-state index contributed by atoms with van der Waals surface area (Å²) in [5.74, 6) is 0.457. The van der Waals surface area contributed by atoms with E-state index in [1.165, 1.54) is 0 Å². The number of ether oxygens (including phenoxy) is 1. The van der Waals surface area contributed by atoms with E-state index in [2.05, 4.69) is 138 Å². The van der Waals surface area contributed by atoms with Gasteiger partial charge in [-0.3, -0.25) is 0 Å². The van der Waals surface area contributed by atoms with Gasteiger partial charge in [-0.15, -0.1) is 0 Å². The van der Waals surface area contributed by atoms with E-state index < -0.39 is 5.60 Å². The maximum atomic E-state index is 7.26. The molecule has 0 aliphatic rings. The molecule has 0 heterocycles. The van der Waals surface area contributed by atoms with Crippen molar-refractivity contribution >= 4 is 22.6 Å². The van der Waals surface area contributed by atoms with E-state index in [-0.39, 0.29) is 6.10 Å². The molecule has 0 saturated carbocycles. The van der Waals surface area contributed by atoms with Crippen LogP contribution in [0.1, 0.15) is 49.8 Å². The second-order valence-electron chi connectivity index (χ2n) is 7.80. The fourth-order valence-electron chi connectivity index (χ4n) is 4.17. The van der Waals surface area contributed by atoms with Crippen molar-refractivity contribution in [2.75, 3.05) is 0 Å². The summed E-state index contributed by atoms with van der Waals surface area (Å²) >= 11 is 2.30. The van der Waals surface area contributed by atoms with Gasteiger partial charge in [-0.1, -0.05) is 140 Å². The first-order valence-electron chi connectivity index (χ1n) is 10.8. The van der Waals surface area contributed by atoms with Crippen molar-refractivity contribution < 1.29 is 4.74 Å². The Labute approximate surface area is 195 Å². The number of halogens is 1. The summed E-state index contributed by atoms with van der Waals surface area (Å²) in [4.78, 5) is 0. The fraction of sp³-hybridized carbons (Fsp3) is 0.286. The Hall–Kier alpha value is -1.91. The minimum absolute atomic E-state index is 0.108. The first kappa shape index (κ1) is 22.8. The van der Waals surface area contributed by atoms with Gasteiger partial charge >= 0.3 is 0 Å². The SMILES string of the molecule is CCCC(C)C(CC=CI)OC(c1ccccc1)(c1ccccc1)c1ccccc1. The molecule has 3 aromatic rings. The largest absolute Gasteiger partial charge is 0.357 e. The summed E-state index contributed by atoms with van der Waals surface area (Å²) in [6.45, 7) is 4.57. The maximum absolute atomic E-state index is 7.26. The Kier molecular flexibility index (Phi) is 8.71. The zero-order valence-corrected chi connectivity index (χ0v) is 20.0. The van der Waals surface area contributed by atoms with E-state index in [0.717, 1.165) is 36.0 Å². The van der Waals surface area contributed by atoms with Crippen molar-refractivity contribution in [1.29, 1.82) is 0 Å². The molecule has 156 valence electrons. The topological polar surface area (TPSA) is 9.23 Å². The molecule has 2 heteroatoms. The summed E-state index contributed by atoms with van der Waals surface area (Å²) < 4.78 is 9.36. The summed E-state index contributed by atoms with van der Waals surface area (Å²) in [5.41, 5.74) is 2.83. The van der Waals surface area contributed by atoms with Crippen molar-refractivity contribution in [3.05, 3.63) is 118 Å². The van der Waals surface area contributed by atoms with Gasteiger partial charge in [0.1, 0.15) is 5.60 Å². The van der Waals surface area contributed by atoms with Gasteiger partial charge in [-0.2, -0.15) is 0 Å². The molecule has 30 heavy (non-hydrogen) atoms. The lowest BCUT2D eigenvalue weighted by Gasteiger charge is -2.40. The predicted octanol–water partition coefficient (Wildman–Crippen LogP) is 8.14. The first-order valence-corrected chi connectivity index (χ1v) is 12.1. The second kappa shape index (κ2) is 11.5. The Morgan fingerprint density at radius 3 is 1.60 bits per heavy atom. The van der Waals surface area contributed by atoms with Crippen LogP contribution in [0.2, 0.25) is 0 Å². The number of benzene rings is 3. The van der Waals surface area contributed by atoms with E-state index in [4.69, 9.17) is 4.74 Å². The van der Waals surface area contributed by atoms with Crippen molar-refractivity contribution in [3.63, 3.8) is 0 Å². The van der Waals surface area contributed by atoms with Gasteiger partial charge < -0.3 is 4.74 Å². The summed E-state index contributed by atoms with van der Waals surface area (Å²) in [5, 5.41) is 0. The van der Waals surface area contributed by atoms with Gasteiger partial charge in [0.15, 0.2) is 0 Å². The summed E-state index contributed by atoms with van der Waals surface area (Å²) in [7, 11) is 0. The van der Waals surface area contributed by atoms with Crippen LogP contribution >= 0.6 is 22.6 Å². The highest BCUT2D eigenvalue weighted by Crippen LogP contribution is 2.43. The first-order chi connectivity index (χ1) is 14.7. The molecule has 0 fully saturated rings. The van der Waals surface area contributed by atoms with Crippen molar-refractivity contribution in [1.82, 2.24) is 0 Å². The van der Waals surface area contributed by atoms with Crippen molar-refractivity contribution in [3.8, 4) is 0 Å². The van der Waals surface area contributed by atoms with Gasteiger partial charge in [0.25, 0.3) is 0 Å².